The molecule has 0 aromatic heterocycles. The van der Waals surface area contributed by atoms with Crippen LogP contribution < -0.4 is 10.2 Å². The summed E-state index contributed by atoms with van der Waals surface area (Å²) in [4.78, 5) is 26.2. The van der Waals surface area contributed by atoms with E-state index in [0.717, 1.165) is 11.1 Å². The fourth-order valence-corrected chi connectivity index (χ4v) is 2.97. The number of nitrogens with zero attached hydrogens (tertiary/aromatic N) is 1. The van der Waals surface area contributed by atoms with Crippen LogP contribution in [-0.4, -0.2) is 17.9 Å². The monoisotopic (exact) mass is 362 g/mol. The maximum Gasteiger partial charge on any atom is 0.256 e. The van der Waals surface area contributed by atoms with Crippen molar-refractivity contribution in [2.24, 2.45) is 0 Å². The van der Waals surface area contributed by atoms with Gasteiger partial charge in [0.2, 0.25) is 5.91 Å². The molecule has 1 fully saturated rings. The summed E-state index contributed by atoms with van der Waals surface area (Å²) in [6, 6.07) is 9.95. The summed E-state index contributed by atoms with van der Waals surface area (Å²) in [6.07, 6.45) is 0.103. The highest BCUT2D eigenvalue weighted by Gasteiger charge is 2.39. The van der Waals surface area contributed by atoms with Gasteiger partial charge in [-0.3, -0.25) is 9.59 Å². The molecule has 0 spiro atoms. The topological polar surface area (TPSA) is 49.4 Å². The molecule has 1 saturated heterocycles. The molecule has 4 nitrogen and oxygen atoms in total. The van der Waals surface area contributed by atoms with E-state index in [1.165, 1.54) is 4.90 Å². The first-order chi connectivity index (χ1) is 11.4. The van der Waals surface area contributed by atoms with Crippen molar-refractivity contribution in [3.05, 3.63) is 57.6 Å². The highest BCUT2D eigenvalue weighted by molar-refractivity contribution is 6.42. The average Bonchev–Trinajstić information content (AvgIpc) is 2.80. The van der Waals surface area contributed by atoms with Gasteiger partial charge in [-0.2, -0.15) is 0 Å². The standard InChI is InChI=1S/C18H16Cl2N2O2/c1-10-3-5-13(7-11(10)2)22-17(23)9-16(18(22)24)21-12-4-6-14(19)15(20)8-12/h3-8,16,21H,9H2,1-2H3. The number of benzene rings is 2. The van der Waals surface area contributed by atoms with Crippen molar-refractivity contribution < 1.29 is 9.59 Å². The number of rotatable bonds is 3. The number of nitrogens with one attached hydrogen (secondary N) is 1. The minimum absolute atomic E-state index is 0.103. The van der Waals surface area contributed by atoms with E-state index in [9.17, 15) is 9.59 Å². The largest absolute Gasteiger partial charge is 0.373 e. The van der Waals surface area contributed by atoms with E-state index in [4.69, 9.17) is 23.2 Å². The fourth-order valence-electron chi connectivity index (χ4n) is 2.67. The quantitative estimate of drug-likeness (QED) is 0.825. The summed E-state index contributed by atoms with van der Waals surface area (Å²) in [5.41, 5.74) is 3.40. The smallest absolute Gasteiger partial charge is 0.256 e. The Balaban J connectivity index is 1.83. The predicted molar refractivity (Wildman–Crippen MR) is 96.9 cm³/mol. The van der Waals surface area contributed by atoms with Crippen LogP contribution in [0.15, 0.2) is 36.4 Å². The Kier molecular flexibility index (Phi) is 4.52. The van der Waals surface area contributed by atoms with Crippen molar-refractivity contribution in [1.29, 1.82) is 0 Å². The van der Waals surface area contributed by atoms with Gasteiger partial charge in [0, 0.05) is 5.69 Å². The minimum atomic E-state index is -0.614. The van der Waals surface area contributed by atoms with Gasteiger partial charge in [0.15, 0.2) is 0 Å². The minimum Gasteiger partial charge on any atom is -0.373 e. The Bertz CT molecular complexity index is 836. The highest BCUT2D eigenvalue weighted by Crippen LogP contribution is 2.29. The van der Waals surface area contributed by atoms with Crippen LogP contribution in [0.4, 0.5) is 11.4 Å². The Morgan fingerprint density at radius 3 is 2.42 bits per heavy atom. The van der Waals surface area contributed by atoms with Crippen LogP contribution in [0.1, 0.15) is 17.5 Å². The first-order valence-corrected chi connectivity index (χ1v) is 8.28. The Morgan fingerprint density at radius 1 is 1.00 bits per heavy atom. The van der Waals surface area contributed by atoms with E-state index in [2.05, 4.69) is 5.32 Å². The second-order valence-corrected chi connectivity index (χ2v) is 6.68. The lowest BCUT2D eigenvalue weighted by molar-refractivity contribution is -0.121. The third-order valence-corrected chi connectivity index (χ3v) is 4.89. The zero-order chi connectivity index (χ0) is 17.4. The lowest BCUT2D eigenvalue weighted by atomic mass is 10.1. The van der Waals surface area contributed by atoms with Gasteiger partial charge in [0.1, 0.15) is 6.04 Å². The number of aryl methyl sites for hydroxylation is 2. The van der Waals surface area contributed by atoms with Crippen LogP contribution in [0.3, 0.4) is 0 Å². The summed E-state index contributed by atoms with van der Waals surface area (Å²) < 4.78 is 0. The molecule has 1 heterocycles. The molecule has 0 saturated carbocycles. The van der Waals surface area contributed by atoms with Gasteiger partial charge in [-0.25, -0.2) is 4.90 Å². The summed E-state index contributed by atoms with van der Waals surface area (Å²) in [5, 5.41) is 3.89. The molecule has 2 amide bonds. The van der Waals surface area contributed by atoms with Gasteiger partial charge in [-0.05, 0) is 55.3 Å². The fraction of sp³-hybridized carbons (Fsp3) is 0.222. The predicted octanol–water partition coefficient (Wildman–Crippen LogP) is 4.35. The molecule has 3 rings (SSSR count). The van der Waals surface area contributed by atoms with Crippen molar-refractivity contribution >= 4 is 46.4 Å². The summed E-state index contributed by atoms with van der Waals surface area (Å²) >= 11 is 11.9. The molecule has 0 aliphatic carbocycles. The lowest BCUT2D eigenvalue weighted by Gasteiger charge is -2.17. The Labute approximate surface area is 150 Å². The van der Waals surface area contributed by atoms with Gasteiger partial charge < -0.3 is 5.32 Å². The maximum atomic E-state index is 12.7. The second kappa shape index (κ2) is 6.46. The maximum absolute atomic E-state index is 12.7. The van der Waals surface area contributed by atoms with Crippen LogP contribution in [0, 0.1) is 13.8 Å². The SMILES string of the molecule is Cc1ccc(N2C(=O)CC(Nc3ccc(Cl)c(Cl)c3)C2=O)cc1C. The van der Waals surface area contributed by atoms with Crippen molar-refractivity contribution in [2.75, 3.05) is 10.2 Å². The molecule has 2 aromatic rings. The number of imide groups is 1. The number of carbonyl (C=O) groups excluding carboxylic acids is 2. The Morgan fingerprint density at radius 2 is 1.75 bits per heavy atom. The third-order valence-electron chi connectivity index (χ3n) is 4.16. The van der Waals surface area contributed by atoms with Gasteiger partial charge in [0.05, 0.1) is 22.2 Å². The van der Waals surface area contributed by atoms with Crippen LogP contribution in [0.25, 0.3) is 0 Å². The first kappa shape index (κ1) is 16.8. The number of hydrogen-bond acceptors (Lipinski definition) is 3. The van der Waals surface area contributed by atoms with Crippen molar-refractivity contribution in [3.8, 4) is 0 Å². The van der Waals surface area contributed by atoms with Gasteiger partial charge in [0.25, 0.3) is 5.91 Å². The number of amides is 2. The molecule has 24 heavy (non-hydrogen) atoms. The summed E-state index contributed by atoms with van der Waals surface area (Å²) in [5.74, 6) is -0.491. The van der Waals surface area contributed by atoms with E-state index in [1.54, 1.807) is 24.3 Å². The van der Waals surface area contributed by atoms with E-state index in [1.807, 2.05) is 26.0 Å². The van der Waals surface area contributed by atoms with Crippen LogP contribution in [0.2, 0.25) is 10.0 Å². The molecule has 124 valence electrons. The van der Waals surface area contributed by atoms with Crippen LogP contribution >= 0.6 is 23.2 Å². The average molecular weight is 363 g/mol. The highest BCUT2D eigenvalue weighted by atomic mass is 35.5. The first-order valence-electron chi connectivity index (χ1n) is 7.52. The molecule has 1 unspecified atom stereocenters. The molecule has 2 aromatic carbocycles. The number of halogens is 2. The molecule has 0 bridgehead atoms. The molecule has 6 heteroatoms. The molecule has 1 N–H and O–H groups in total. The van der Waals surface area contributed by atoms with Crippen molar-refractivity contribution in [3.63, 3.8) is 0 Å². The van der Waals surface area contributed by atoms with E-state index in [0.29, 0.717) is 21.4 Å². The van der Waals surface area contributed by atoms with Gasteiger partial charge in [-0.15, -0.1) is 0 Å². The molecule has 1 aliphatic rings. The molecule has 0 radical (unpaired) electrons. The van der Waals surface area contributed by atoms with Crippen molar-refractivity contribution in [1.82, 2.24) is 0 Å². The van der Waals surface area contributed by atoms with Crippen LogP contribution in [-0.2, 0) is 9.59 Å². The Hall–Kier alpha value is -2.04. The van der Waals surface area contributed by atoms with Crippen molar-refractivity contribution in [2.45, 2.75) is 26.3 Å². The number of hydrogen-bond donors (Lipinski definition) is 1. The van der Waals surface area contributed by atoms with Gasteiger partial charge >= 0.3 is 0 Å². The van der Waals surface area contributed by atoms with E-state index in [-0.39, 0.29) is 18.2 Å². The normalized spacial score (nSPS) is 17.5. The molecular weight excluding hydrogens is 347 g/mol. The molecule has 1 atom stereocenters. The number of carbonyl (C=O) groups is 2. The summed E-state index contributed by atoms with van der Waals surface area (Å²) in [7, 11) is 0. The lowest BCUT2D eigenvalue weighted by Crippen LogP contribution is -2.34. The van der Waals surface area contributed by atoms with Crippen LogP contribution in [0.5, 0.6) is 0 Å². The third kappa shape index (κ3) is 3.12. The zero-order valence-corrected chi connectivity index (χ0v) is 14.8. The van der Waals surface area contributed by atoms with E-state index < -0.39 is 6.04 Å². The van der Waals surface area contributed by atoms with Gasteiger partial charge in [-0.1, -0.05) is 29.3 Å². The summed E-state index contributed by atoms with van der Waals surface area (Å²) in [6.45, 7) is 3.94. The van der Waals surface area contributed by atoms with E-state index >= 15 is 0 Å². The number of anilines is 2. The zero-order valence-electron chi connectivity index (χ0n) is 13.3. The molecule has 1 aliphatic heterocycles. The second-order valence-electron chi connectivity index (χ2n) is 5.87. The molecular formula is C18H16Cl2N2O2.